The second-order valence-corrected chi connectivity index (χ2v) is 7.18. The van der Waals surface area contributed by atoms with Gasteiger partial charge in [0.15, 0.2) is 6.61 Å². The highest BCUT2D eigenvalue weighted by Crippen LogP contribution is 2.30. The highest BCUT2D eigenvalue weighted by Gasteiger charge is 2.29. The molecule has 1 aromatic carbocycles. The third-order valence-electron chi connectivity index (χ3n) is 4.92. The second-order valence-electron chi connectivity index (χ2n) is 7.18. The first-order valence-electron chi connectivity index (χ1n) is 9.45. The van der Waals surface area contributed by atoms with Crippen LogP contribution in [0, 0.1) is 11.8 Å². The number of ether oxygens (including phenoxy) is 1. The fourth-order valence-electron chi connectivity index (χ4n) is 3.19. The Balaban J connectivity index is 1.39. The van der Waals surface area contributed by atoms with Gasteiger partial charge in [-0.2, -0.15) is 0 Å². The molecule has 0 spiro atoms. The number of hydrogen-bond donors (Lipinski definition) is 2. The molecule has 3 rings (SSSR count). The molecule has 0 saturated heterocycles. The lowest BCUT2D eigenvalue weighted by Crippen LogP contribution is -2.30. The lowest BCUT2D eigenvalue weighted by atomic mass is 9.89. The average Bonchev–Trinajstić information content (AvgIpc) is 3.51. The summed E-state index contributed by atoms with van der Waals surface area (Å²) < 4.78 is 5.13. The molecule has 140 valence electrons. The van der Waals surface area contributed by atoms with Gasteiger partial charge in [0, 0.05) is 18.2 Å². The van der Waals surface area contributed by atoms with Gasteiger partial charge in [-0.05, 0) is 43.4 Å². The summed E-state index contributed by atoms with van der Waals surface area (Å²) in [4.78, 5) is 35.6. The van der Waals surface area contributed by atoms with E-state index in [9.17, 15) is 14.4 Å². The van der Waals surface area contributed by atoms with Crippen LogP contribution in [0.15, 0.2) is 24.3 Å². The Labute approximate surface area is 153 Å². The standard InChI is InChI=1S/C20H26N2O4/c23-18(13-26-20(25)16-6-2-1-3-7-16)21-12-14-5-4-8-17(11-14)22-19(24)15-9-10-15/h4-5,8,11,15-16H,1-3,6-7,9-10,12-13H2,(H,21,23)(H,22,24). The van der Waals surface area contributed by atoms with Crippen molar-refractivity contribution in [2.75, 3.05) is 11.9 Å². The predicted molar refractivity (Wildman–Crippen MR) is 97.2 cm³/mol. The van der Waals surface area contributed by atoms with Crippen molar-refractivity contribution in [1.82, 2.24) is 5.32 Å². The molecule has 2 aliphatic carbocycles. The van der Waals surface area contributed by atoms with E-state index in [1.807, 2.05) is 24.3 Å². The zero-order valence-electron chi connectivity index (χ0n) is 15.0. The molecule has 1 aromatic rings. The van der Waals surface area contributed by atoms with Crippen molar-refractivity contribution < 1.29 is 19.1 Å². The van der Waals surface area contributed by atoms with Gasteiger partial charge in [0.25, 0.3) is 5.91 Å². The number of hydrogen-bond acceptors (Lipinski definition) is 4. The van der Waals surface area contributed by atoms with Crippen molar-refractivity contribution in [3.05, 3.63) is 29.8 Å². The number of anilines is 1. The Morgan fingerprint density at radius 2 is 1.77 bits per heavy atom. The Hall–Kier alpha value is -2.37. The molecule has 6 nitrogen and oxygen atoms in total. The van der Waals surface area contributed by atoms with Gasteiger partial charge in [-0.25, -0.2) is 0 Å². The van der Waals surface area contributed by atoms with Gasteiger partial charge >= 0.3 is 5.97 Å². The second kappa shape index (κ2) is 8.83. The number of carbonyl (C=O) groups is 3. The molecule has 26 heavy (non-hydrogen) atoms. The summed E-state index contributed by atoms with van der Waals surface area (Å²) in [6, 6.07) is 7.39. The minimum Gasteiger partial charge on any atom is -0.455 e. The van der Waals surface area contributed by atoms with Gasteiger partial charge in [0.1, 0.15) is 0 Å². The Bertz CT molecular complexity index is 664. The first-order valence-corrected chi connectivity index (χ1v) is 9.45. The maximum atomic E-state index is 11.9. The largest absolute Gasteiger partial charge is 0.455 e. The Kier molecular flexibility index (Phi) is 6.26. The average molecular weight is 358 g/mol. The Morgan fingerprint density at radius 1 is 1.00 bits per heavy atom. The zero-order valence-corrected chi connectivity index (χ0v) is 15.0. The topological polar surface area (TPSA) is 84.5 Å². The smallest absolute Gasteiger partial charge is 0.309 e. The predicted octanol–water partition coefficient (Wildman–Crippen LogP) is 2.77. The molecule has 2 amide bonds. The van der Waals surface area contributed by atoms with Crippen molar-refractivity contribution in [2.45, 2.75) is 51.5 Å². The SMILES string of the molecule is O=C(COC(=O)C1CCCCC1)NCc1cccc(NC(=O)C2CC2)c1. The number of esters is 1. The first kappa shape index (κ1) is 18.4. The van der Waals surface area contributed by atoms with E-state index in [0.717, 1.165) is 49.8 Å². The van der Waals surface area contributed by atoms with E-state index < -0.39 is 0 Å². The highest BCUT2D eigenvalue weighted by atomic mass is 16.5. The van der Waals surface area contributed by atoms with E-state index >= 15 is 0 Å². The lowest BCUT2D eigenvalue weighted by molar-refractivity contribution is -0.153. The Morgan fingerprint density at radius 3 is 2.50 bits per heavy atom. The molecule has 0 bridgehead atoms. The third kappa shape index (κ3) is 5.58. The molecule has 0 radical (unpaired) electrons. The monoisotopic (exact) mass is 358 g/mol. The molecule has 2 N–H and O–H groups in total. The molecule has 0 aliphatic heterocycles. The lowest BCUT2D eigenvalue weighted by Gasteiger charge is -2.19. The fraction of sp³-hybridized carbons (Fsp3) is 0.550. The molecular formula is C20H26N2O4. The number of carbonyl (C=O) groups excluding carboxylic acids is 3. The molecular weight excluding hydrogens is 332 g/mol. The van der Waals surface area contributed by atoms with Crippen LogP contribution in [0.4, 0.5) is 5.69 Å². The summed E-state index contributed by atoms with van der Waals surface area (Å²) in [6.45, 7) is 0.0837. The van der Waals surface area contributed by atoms with Gasteiger partial charge in [0.2, 0.25) is 5.91 Å². The maximum Gasteiger partial charge on any atom is 0.309 e. The van der Waals surface area contributed by atoms with Crippen LogP contribution in [-0.4, -0.2) is 24.4 Å². The fourth-order valence-corrected chi connectivity index (χ4v) is 3.19. The van der Waals surface area contributed by atoms with E-state index in [4.69, 9.17) is 4.74 Å². The maximum absolute atomic E-state index is 11.9. The summed E-state index contributed by atoms with van der Waals surface area (Å²) in [5.74, 6) is -0.424. The van der Waals surface area contributed by atoms with E-state index in [2.05, 4.69) is 10.6 Å². The normalized spacial score (nSPS) is 17.4. The van der Waals surface area contributed by atoms with Gasteiger partial charge in [-0.1, -0.05) is 31.4 Å². The van der Waals surface area contributed by atoms with Gasteiger partial charge < -0.3 is 15.4 Å². The van der Waals surface area contributed by atoms with Gasteiger partial charge in [-0.15, -0.1) is 0 Å². The molecule has 0 atom stereocenters. The molecule has 2 aliphatic rings. The minimum atomic E-state index is -0.318. The number of rotatable bonds is 7. The summed E-state index contributed by atoms with van der Waals surface area (Å²) in [5, 5.41) is 5.63. The van der Waals surface area contributed by atoms with Crippen molar-refractivity contribution in [3.8, 4) is 0 Å². The van der Waals surface area contributed by atoms with Crippen LogP contribution in [0.3, 0.4) is 0 Å². The van der Waals surface area contributed by atoms with E-state index in [0.29, 0.717) is 6.54 Å². The molecule has 0 aromatic heterocycles. The van der Waals surface area contributed by atoms with Crippen LogP contribution in [-0.2, 0) is 25.7 Å². The number of benzene rings is 1. The van der Waals surface area contributed by atoms with E-state index in [1.54, 1.807) is 0 Å². The van der Waals surface area contributed by atoms with Crippen LogP contribution >= 0.6 is 0 Å². The minimum absolute atomic E-state index is 0.0525. The summed E-state index contributed by atoms with van der Waals surface area (Å²) >= 11 is 0. The molecule has 6 heteroatoms. The van der Waals surface area contributed by atoms with E-state index in [1.165, 1.54) is 6.42 Å². The first-order chi connectivity index (χ1) is 12.6. The van der Waals surface area contributed by atoms with Gasteiger partial charge in [0.05, 0.1) is 5.92 Å². The van der Waals surface area contributed by atoms with Crippen LogP contribution in [0.1, 0.15) is 50.5 Å². The number of nitrogens with one attached hydrogen (secondary N) is 2. The number of amides is 2. The zero-order chi connectivity index (χ0) is 18.4. The molecule has 2 saturated carbocycles. The highest BCUT2D eigenvalue weighted by molar-refractivity contribution is 5.94. The molecule has 2 fully saturated rings. The van der Waals surface area contributed by atoms with Crippen molar-refractivity contribution >= 4 is 23.5 Å². The van der Waals surface area contributed by atoms with Crippen LogP contribution in [0.2, 0.25) is 0 Å². The third-order valence-corrected chi connectivity index (χ3v) is 4.92. The van der Waals surface area contributed by atoms with Crippen molar-refractivity contribution in [1.29, 1.82) is 0 Å². The summed E-state index contributed by atoms with van der Waals surface area (Å²) in [6.07, 6.45) is 6.92. The molecule has 0 unspecified atom stereocenters. The van der Waals surface area contributed by atoms with Gasteiger partial charge in [-0.3, -0.25) is 14.4 Å². The van der Waals surface area contributed by atoms with E-state index in [-0.39, 0.29) is 36.2 Å². The van der Waals surface area contributed by atoms with Crippen LogP contribution < -0.4 is 10.6 Å². The summed E-state index contributed by atoms with van der Waals surface area (Å²) in [5.41, 5.74) is 1.61. The quantitative estimate of drug-likeness (QED) is 0.734. The van der Waals surface area contributed by atoms with Crippen molar-refractivity contribution in [2.24, 2.45) is 11.8 Å². The molecule has 0 heterocycles. The van der Waals surface area contributed by atoms with Crippen molar-refractivity contribution in [3.63, 3.8) is 0 Å². The summed E-state index contributed by atoms with van der Waals surface area (Å²) in [7, 11) is 0. The van der Waals surface area contributed by atoms with Crippen LogP contribution in [0.5, 0.6) is 0 Å². The van der Waals surface area contributed by atoms with Crippen LogP contribution in [0.25, 0.3) is 0 Å².